The Morgan fingerprint density at radius 3 is 2.58 bits per heavy atom. The van der Waals surface area contributed by atoms with Crippen LogP contribution in [0.3, 0.4) is 0 Å². The maximum atomic E-state index is 15.4. The van der Waals surface area contributed by atoms with E-state index in [0.29, 0.717) is 27.6 Å². The van der Waals surface area contributed by atoms with Gasteiger partial charge < -0.3 is 9.26 Å². The summed E-state index contributed by atoms with van der Waals surface area (Å²) in [5.74, 6) is -0.361. The molecule has 3 aromatic carbocycles. The third kappa shape index (κ3) is 4.38. The second kappa shape index (κ2) is 9.49. The number of nitriles is 1. The van der Waals surface area contributed by atoms with Crippen molar-refractivity contribution in [2.24, 2.45) is 0 Å². The van der Waals surface area contributed by atoms with Crippen molar-refractivity contribution >= 4 is 26.7 Å². The number of fused-ring (bicyclic) bond motifs is 1. The van der Waals surface area contributed by atoms with Gasteiger partial charge in [0.05, 0.1) is 34.8 Å². The number of aromatic nitrogens is 2. The number of nitrogens with zero attached hydrogens (tertiary/aromatic N) is 3. The molecule has 0 fully saturated rings. The predicted molar refractivity (Wildman–Crippen MR) is 138 cm³/mol. The molecule has 0 spiro atoms. The number of halogens is 1. The number of benzene rings is 3. The zero-order chi connectivity index (χ0) is 27.0. The summed E-state index contributed by atoms with van der Waals surface area (Å²) < 4.78 is 54.8. The van der Waals surface area contributed by atoms with E-state index in [9.17, 15) is 18.5 Å². The van der Waals surface area contributed by atoms with E-state index in [4.69, 9.17) is 4.74 Å². The second-order valence-corrected chi connectivity index (χ2v) is 10.0. The van der Waals surface area contributed by atoms with Gasteiger partial charge in [0, 0.05) is 29.1 Å². The van der Waals surface area contributed by atoms with E-state index >= 15 is 4.39 Å². The van der Waals surface area contributed by atoms with Crippen molar-refractivity contribution in [3.63, 3.8) is 0 Å². The summed E-state index contributed by atoms with van der Waals surface area (Å²) in [6.45, 7) is 1.76. The molecule has 2 heterocycles. The first-order valence-corrected chi connectivity index (χ1v) is 12.7. The van der Waals surface area contributed by atoms with Gasteiger partial charge in [-0.1, -0.05) is 17.3 Å². The Bertz CT molecular complexity index is 1910. The Kier molecular flexibility index (Phi) is 6.18. The predicted octanol–water partition coefficient (Wildman–Crippen LogP) is 4.77. The third-order valence-electron chi connectivity index (χ3n) is 6.02. The highest BCUT2D eigenvalue weighted by atomic mass is 32.2. The number of methoxy groups -OCH3 is 1. The van der Waals surface area contributed by atoms with E-state index < -0.39 is 21.4 Å². The fourth-order valence-electron chi connectivity index (χ4n) is 4.16. The maximum absolute atomic E-state index is 15.4. The van der Waals surface area contributed by atoms with Crippen molar-refractivity contribution in [1.82, 2.24) is 9.72 Å². The lowest BCUT2D eigenvalue weighted by Gasteiger charge is -2.17. The first-order chi connectivity index (χ1) is 18.2. The van der Waals surface area contributed by atoms with Crippen LogP contribution in [0.4, 0.5) is 10.2 Å². The van der Waals surface area contributed by atoms with Gasteiger partial charge in [-0.2, -0.15) is 5.26 Å². The van der Waals surface area contributed by atoms with E-state index in [1.165, 1.54) is 66.5 Å². The third-order valence-corrected chi connectivity index (χ3v) is 7.37. The summed E-state index contributed by atoms with van der Waals surface area (Å²) >= 11 is 0. The number of aryl methyl sites for hydroxylation is 1. The number of rotatable bonds is 6. The molecule has 5 aromatic rings. The first-order valence-electron chi connectivity index (χ1n) is 11.2. The molecular formula is C27H19FN4O5S. The molecule has 0 atom stereocenters. The Morgan fingerprint density at radius 2 is 1.89 bits per heavy atom. The van der Waals surface area contributed by atoms with E-state index in [-0.39, 0.29) is 27.7 Å². The van der Waals surface area contributed by atoms with Crippen LogP contribution in [0.2, 0.25) is 0 Å². The number of hydrogen-bond donors (Lipinski definition) is 1. The fourth-order valence-corrected chi connectivity index (χ4v) is 5.19. The molecule has 190 valence electrons. The quantitative estimate of drug-likeness (QED) is 0.335. The summed E-state index contributed by atoms with van der Waals surface area (Å²) in [5.41, 5.74) is 1.98. The molecule has 11 heteroatoms. The molecule has 2 aromatic heterocycles. The molecule has 0 saturated heterocycles. The molecular weight excluding hydrogens is 511 g/mol. The number of pyridine rings is 1. The minimum absolute atomic E-state index is 0.0211. The topological polar surface area (TPSA) is 127 Å². The minimum Gasteiger partial charge on any atom is -0.495 e. The highest BCUT2D eigenvalue weighted by Gasteiger charge is 2.20. The van der Waals surface area contributed by atoms with Crippen LogP contribution in [0.25, 0.3) is 27.7 Å². The van der Waals surface area contributed by atoms with Gasteiger partial charge in [0.1, 0.15) is 17.8 Å². The lowest BCUT2D eigenvalue weighted by Crippen LogP contribution is -2.19. The Hall–Kier alpha value is -4.95. The Morgan fingerprint density at radius 1 is 1.08 bits per heavy atom. The van der Waals surface area contributed by atoms with E-state index in [1.807, 2.05) is 0 Å². The van der Waals surface area contributed by atoms with Crippen LogP contribution in [0, 0.1) is 24.1 Å². The van der Waals surface area contributed by atoms with Crippen LogP contribution in [0.5, 0.6) is 5.75 Å². The summed E-state index contributed by atoms with van der Waals surface area (Å²) in [5, 5.41) is 13.2. The van der Waals surface area contributed by atoms with Gasteiger partial charge in [-0.25, -0.2) is 12.8 Å². The lowest BCUT2D eigenvalue weighted by atomic mass is 9.99. The van der Waals surface area contributed by atoms with Crippen molar-refractivity contribution in [3.05, 3.63) is 100 Å². The highest BCUT2D eigenvalue weighted by molar-refractivity contribution is 7.92. The van der Waals surface area contributed by atoms with Crippen LogP contribution in [-0.4, -0.2) is 25.3 Å². The van der Waals surface area contributed by atoms with E-state index in [2.05, 4.69) is 20.5 Å². The van der Waals surface area contributed by atoms with Crippen LogP contribution in [-0.2, 0) is 10.0 Å². The van der Waals surface area contributed by atoms with Gasteiger partial charge in [-0.05, 0) is 54.4 Å². The van der Waals surface area contributed by atoms with Crippen molar-refractivity contribution in [1.29, 1.82) is 5.26 Å². The molecule has 0 radical (unpaired) electrons. The van der Waals surface area contributed by atoms with Crippen molar-refractivity contribution in [2.45, 2.75) is 11.8 Å². The standard InChI is InChI=1S/C27H19FN4O5S/c1-16-11-17(3-4-19(16)15-29)21-13-25(36-2)24(14-22(21)28)32-23-7-6-20(12-18(23)5-8-27(32)33)38(34,35)31-26-9-10-37-30-26/h3-14H,1-2H3,(H,30,31). The summed E-state index contributed by atoms with van der Waals surface area (Å²) in [6.07, 6.45) is 1.23. The van der Waals surface area contributed by atoms with Gasteiger partial charge in [0.15, 0.2) is 5.82 Å². The number of hydrogen-bond acceptors (Lipinski definition) is 7. The van der Waals surface area contributed by atoms with Crippen molar-refractivity contribution < 1.29 is 22.1 Å². The average molecular weight is 531 g/mol. The SMILES string of the molecule is COc1cc(-c2ccc(C#N)c(C)c2)c(F)cc1-n1c(=O)ccc2cc(S(=O)(=O)Nc3ccon3)ccc21. The molecule has 9 nitrogen and oxygen atoms in total. The number of nitrogens with one attached hydrogen (secondary N) is 1. The maximum Gasteiger partial charge on any atom is 0.263 e. The lowest BCUT2D eigenvalue weighted by molar-refractivity contribution is 0.412. The molecule has 1 N–H and O–H groups in total. The average Bonchev–Trinajstić information content (AvgIpc) is 3.40. The molecule has 0 unspecified atom stereocenters. The second-order valence-electron chi connectivity index (χ2n) is 8.36. The van der Waals surface area contributed by atoms with Gasteiger partial charge >= 0.3 is 0 Å². The zero-order valence-electron chi connectivity index (χ0n) is 20.1. The zero-order valence-corrected chi connectivity index (χ0v) is 20.9. The molecule has 5 rings (SSSR count). The van der Waals surface area contributed by atoms with Gasteiger partial charge in [-0.15, -0.1) is 0 Å². The van der Waals surface area contributed by atoms with E-state index in [1.54, 1.807) is 25.1 Å². The summed E-state index contributed by atoms with van der Waals surface area (Å²) in [7, 11) is -2.59. The first kappa shape index (κ1) is 24.7. The Labute approximate surface area is 216 Å². The van der Waals surface area contributed by atoms with Crippen LogP contribution < -0.4 is 15.0 Å². The van der Waals surface area contributed by atoms with Crippen molar-refractivity contribution in [3.8, 4) is 28.6 Å². The normalized spacial score (nSPS) is 11.3. The molecule has 0 aliphatic heterocycles. The molecule has 0 bridgehead atoms. The van der Waals surface area contributed by atoms with Gasteiger partial charge in [-0.3, -0.25) is 14.1 Å². The molecule has 0 aliphatic rings. The van der Waals surface area contributed by atoms with Crippen LogP contribution in [0.15, 0.2) is 87.2 Å². The number of anilines is 1. The number of ether oxygens (including phenoxy) is 1. The van der Waals surface area contributed by atoms with Gasteiger partial charge in [0.2, 0.25) is 0 Å². The smallest absolute Gasteiger partial charge is 0.263 e. The van der Waals surface area contributed by atoms with Crippen molar-refractivity contribution in [2.75, 3.05) is 11.8 Å². The molecule has 38 heavy (non-hydrogen) atoms. The largest absolute Gasteiger partial charge is 0.495 e. The number of sulfonamides is 1. The molecule has 0 amide bonds. The molecule has 0 saturated carbocycles. The summed E-state index contributed by atoms with van der Waals surface area (Å²) in [4.78, 5) is 12.9. The van der Waals surface area contributed by atoms with E-state index in [0.717, 1.165) is 0 Å². The Balaban J connectivity index is 1.64. The minimum atomic E-state index is -3.99. The van der Waals surface area contributed by atoms with Crippen LogP contribution >= 0.6 is 0 Å². The van der Waals surface area contributed by atoms with Crippen LogP contribution in [0.1, 0.15) is 11.1 Å². The summed E-state index contributed by atoms with van der Waals surface area (Å²) in [6, 6.07) is 18.0. The highest BCUT2D eigenvalue weighted by Crippen LogP contribution is 2.34. The molecule has 0 aliphatic carbocycles. The van der Waals surface area contributed by atoms with Gasteiger partial charge in [0.25, 0.3) is 15.6 Å². The fraction of sp³-hybridized carbons (Fsp3) is 0.0741. The monoisotopic (exact) mass is 530 g/mol.